The van der Waals surface area contributed by atoms with Gasteiger partial charge >= 0.3 is 0 Å². The van der Waals surface area contributed by atoms with Gasteiger partial charge in [0, 0.05) is 32.0 Å². The maximum atomic E-state index is 13.4. The van der Waals surface area contributed by atoms with E-state index >= 15 is 0 Å². The van der Waals surface area contributed by atoms with Gasteiger partial charge in [-0.05, 0) is 43.3 Å². The number of hydrogen-bond acceptors (Lipinski definition) is 6. The van der Waals surface area contributed by atoms with E-state index in [1.54, 1.807) is 11.1 Å². The molecular formula is C25H30BN5O2. The summed E-state index contributed by atoms with van der Waals surface area (Å²) in [5, 5.41) is 3.21. The zero-order valence-corrected chi connectivity index (χ0v) is 19.5. The van der Waals surface area contributed by atoms with E-state index < -0.39 is 0 Å². The third-order valence-corrected chi connectivity index (χ3v) is 5.89. The predicted molar refractivity (Wildman–Crippen MR) is 134 cm³/mol. The van der Waals surface area contributed by atoms with Crippen LogP contribution in [0.2, 0.25) is 0 Å². The standard InChI is InChI=1S/C25H30BN5O2/c1-27-12-11-22(19-8-4-3-5-9-19)33-17-18-7-6-10-20(15-18)31-14-13-30(2)23-21(24(31)32)16-28-25(26)29-23/h3-10,15-16,22,27H,11-14,17,26H2,1-2H3. The summed E-state index contributed by atoms with van der Waals surface area (Å²) >= 11 is 0. The van der Waals surface area contributed by atoms with Crippen molar-refractivity contribution < 1.29 is 9.53 Å². The molecule has 0 saturated heterocycles. The number of carbonyl (C=O) groups excluding carboxylic acids is 1. The van der Waals surface area contributed by atoms with Gasteiger partial charge in [0.15, 0.2) is 7.85 Å². The molecule has 33 heavy (non-hydrogen) atoms. The number of ether oxygens (including phenoxy) is 1. The molecule has 3 aromatic rings. The Morgan fingerprint density at radius 1 is 1.15 bits per heavy atom. The molecule has 1 aliphatic heterocycles. The highest BCUT2D eigenvalue weighted by Crippen LogP contribution is 2.27. The summed E-state index contributed by atoms with van der Waals surface area (Å²) in [4.78, 5) is 25.9. The summed E-state index contributed by atoms with van der Waals surface area (Å²) < 4.78 is 6.32. The van der Waals surface area contributed by atoms with Crippen LogP contribution < -0.4 is 20.8 Å². The Bertz CT molecular complexity index is 1100. The molecule has 4 rings (SSSR count). The van der Waals surface area contributed by atoms with Gasteiger partial charge in [-0.1, -0.05) is 42.5 Å². The highest BCUT2D eigenvalue weighted by molar-refractivity contribution is 6.29. The molecule has 1 aromatic heterocycles. The molecule has 0 spiro atoms. The number of benzene rings is 2. The summed E-state index contributed by atoms with van der Waals surface area (Å²) in [5.74, 6) is 0.605. The number of hydrogen-bond donors (Lipinski definition) is 1. The van der Waals surface area contributed by atoms with Crippen molar-refractivity contribution in [3.8, 4) is 0 Å². The Balaban J connectivity index is 1.52. The van der Waals surface area contributed by atoms with Crippen LogP contribution in [0.3, 0.4) is 0 Å². The average molecular weight is 443 g/mol. The minimum Gasteiger partial charge on any atom is -0.369 e. The summed E-state index contributed by atoms with van der Waals surface area (Å²) in [6.07, 6.45) is 2.52. The lowest BCUT2D eigenvalue weighted by Gasteiger charge is -2.22. The van der Waals surface area contributed by atoms with E-state index in [2.05, 4.69) is 27.4 Å². The van der Waals surface area contributed by atoms with Crippen molar-refractivity contribution >= 4 is 31.0 Å². The lowest BCUT2D eigenvalue weighted by atomic mass is 10.1. The molecule has 2 aromatic carbocycles. The highest BCUT2D eigenvalue weighted by Gasteiger charge is 2.27. The van der Waals surface area contributed by atoms with Gasteiger partial charge in [0.05, 0.1) is 18.4 Å². The van der Waals surface area contributed by atoms with E-state index in [9.17, 15) is 4.79 Å². The van der Waals surface area contributed by atoms with Gasteiger partial charge in [0.25, 0.3) is 5.91 Å². The minimum atomic E-state index is -0.0800. The first-order chi connectivity index (χ1) is 16.1. The molecule has 0 bridgehead atoms. The highest BCUT2D eigenvalue weighted by atomic mass is 16.5. The first-order valence-electron chi connectivity index (χ1n) is 11.3. The lowest BCUT2D eigenvalue weighted by molar-refractivity contribution is 0.0344. The van der Waals surface area contributed by atoms with Crippen molar-refractivity contribution in [1.82, 2.24) is 15.3 Å². The Hall–Kier alpha value is -3.23. The first kappa shape index (κ1) is 23.0. The minimum absolute atomic E-state index is 0.00281. The van der Waals surface area contributed by atoms with Gasteiger partial charge < -0.3 is 19.9 Å². The molecule has 1 aliphatic rings. The largest absolute Gasteiger partial charge is 0.369 e. The molecule has 0 fully saturated rings. The fraction of sp³-hybridized carbons (Fsp3) is 0.320. The number of carbonyl (C=O) groups is 1. The van der Waals surface area contributed by atoms with E-state index in [0.29, 0.717) is 36.8 Å². The molecule has 0 radical (unpaired) electrons. The molecule has 1 N–H and O–H groups in total. The average Bonchev–Trinajstić information content (AvgIpc) is 2.96. The third kappa shape index (κ3) is 5.41. The summed E-state index contributed by atoms with van der Waals surface area (Å²) in [6.45, 7) is 2.61. The van der Waals surface area contributed by atoms with Crippen molar-refractivity contribution in [2.75, 3.05) is 43.5 Å². The van der Waals surface area contributed by atoms with Crippen LogP contribution in [0.25, 0.3) is 0 Å². The number of rotatable bonds is 8. The van der Waals surface area contributed by atoms with Crippen molar-refractivity contribution in [2.24, 2.45) is 0 Å². The second-order valence-electron chi connectivity index (χ2n) is 8.31. The van der Waals surface area contributed by atoms with Crippen molar-refractivity contribution in [3.63, 3.8) is 0 Å². The fourth-order valence-corrected chi connectivity index (χ4v) is 4.05. The molecule has 0 saturated carbocycles. The molecule has 1 atom stereocenters. The number of aromatic nitrogens is 2. The molecule has 8 heteroatoms. The molecule has 1 unspecified atom stereocenters. The first-order valence-corrected chi connectivity index (χ1v) is 11.3. The van der Waals surface area contributed by atoms with Gasteiger partial charge in [-0.15, -0.1) is 0 Å². The zero-order valence-electron chi connectivity index (χ0n) is 19.5. The van der Waals surface area contributed by atoms with E-state index in [1.165, 1.54) is 5.56 Å². The SMILES string of the molecule is Bc1ncc2c(n1)N(C)CCN(c1cccc(COC(CCNC)c3ccccc3)c1)C2=O. The van der Waals surface area contributed by atoms with Crippen LogP contribution in [0.15, 0.2) is 60.8 Å². The van der Waals surface area contributed by atoms with Gasteiger partial charge in [0.2, 0.25) is 0 Å². The lowest BCUT2D eigenvalue weighted by Crippen LogP contribution is -2.33. The van der Waals surface area contributed by atoms with E-state index in [1.807, 2.05) is 69.3 Å². The van der Waals surface area contributed by atoms with Crippen molar-refractivity contribution in [2.45, 2.75) is 19.1 Å². The maximum absolute atomic E-state index is 13.4. The molecule has 170 valence electrons. The maximum Gasteiger partial charge on any atom is 0.263 e. The molecule has 0 aliphatic carbocycles. The summed E-state index contributed by atoms with van der Waals surface area (Å²) in [5.41, 5.74) is 4.24. The topological polar surface area (TPSA) is 70.6 Å². The predicted octanol–water partition coefficient (Wildman–Crippen LogP) is 1.70. The van der Waals surface area contributed by atoms with Gasteiger partial charge in [-0.2, -0.15) is 0 Å². The Kier molecular flexibility index (Phi) is 7.37. The monoisotopic (exact) mass is 443 g/mol. The van der Waals surface area contributed by atoms with E-state index in [0.717, 1.165) is 24.2 Å². The zero-order chi connectivity index (χ0) is 23.2. The smallest absolute Gasteiger partial charge is 0.263 e. The summed E-state index contributed by atoms with van der Waals surface area (Å²) in [6, 6.07) is 18.3. The number of amides is 1. The van der Waals surface area contributed by atoms with Crippen molar-refractivity contribution in [3.05, 3.63) is 77.5 Å². The van der Waals surface area contributed by atoms with Crippen LogP contribution in [0, 0.1) is 0 Å². The molecule has 1 amide bonds. The second kappa shape index (κ2) is 10.6. The molecule has 7 nitrogen and oxygen atoms in total. The van der Waals surface area contributed by atoms with Crippen LogP contribution in [0.4, 0.5) is 11.5 Å². The van der Waals surface area contributed by atoms with Gasteiger partial charge in [-0.3, -0.25) is 9.78 Å². The number of nitrogens with one attached hydrogen (secondary N) is 1. The number of nitrogens with zero attached hydrogens (tertiary/aromatic N) is 4. The number of fused-ring (bicyclic) bond motifs is 1. The second-order valence-corrected chi connectivity index (χ2v) is 8.31. The van der Waals surface area contributed by atoms with Gasteiger partial charge in [0.1, 0.15) is 11.4 Å². The van der Waals surface area contributed by atoms with Crippen LogP contribution >= 0.6 is 0 Å². The normalized spacial score (nSPS) is 14.7. The number of anilines is 2. The van der Waals surface area contributed by atoms with Crippen LogP contribution in [-0.2, 0) is 11.3 Å². The Labute approximate surface area is 196 Å². The number of likely N-dealkylation sites (N-methyl/N-ethyl adjacent to an activating group) is 1. The van der Waals surface area contributed by atoms with E-state index in [4.69, 9.17) is 4.74 Å². The third-order valence-electron chi connectivity index (χ3n) is 5.89. The van der Waals surface area contributed by atoms with Crippen LogP contribution in [0.5, 0.6) is 0 Å². The van der Waals surface area contributed by atoms with E-state index in [-0.39, 0.29) is 12.0 Å². The Morgan fingerprint density at radius 3 is 2.76 bits per heavy atom. The molecule has 2 heterocycles. The van der Waals surface area contributed by atoms with Crippen molar-refractivity contribution in [1.29, 1.82) is 0 Å². The fourth-order valence-electron chi connectivity index (χ4n) is 4.05. The molecular weight excluding hydrogens is 413 g/mol. The Morgan fingerprint density at radius 2 is 1.97 bits per heavy atom. The van der Waals surface area contributed by atoms with Crippen LogP contribution in [0.1, 0.15) is 34.0 Å². The quantitative estimate of drug-likeness (QED) is 0.535. The van der Waals surface area contributed by atoms with Gasteiger partial charge in [-0.25, -0.2) is 4.98 Å². The van der Waals surface area contributed by atoms with Crippen LogP contribution in [-0.4, -0.2) is 57.5 Å². The summed E-state index contributed by atoms with van der Waals surface area (Å²) in [7, 11) is 5.75.